The zero-order chi connectivity index (χ0) is 20.1. The Balaban J connectivity index is 1.58. The maximum absolute atomic E-state index is 12.5. The van der Waals surface area contributed by atoms with Crippen molar-refractivity contribution in [2.45, 2.75) is 39.8 Å². The molecule has 28 heavy (non-hydrogen) atoms. The van der Waals surface area contributed by atoms with Crippen LogP contribution in [0.2, 0.25) is 5.02 Å². The highest BCUT2D eigenvalue weighted by Crippen LogP contribution is 2.13. The molecule has 1 aromatic carbocycles. The van der Waals surface area contributed by atoms with Crippen LogP contribution in [-0.4, -0.2) is 20.6 Å². The third kappa shape index (κ3) is 4.67. The highest BCUT2D eigenvalue weighted by Gasteiger charge is 2.15. The largest absolute Gasteiger partial charge is 0.352 e. The van der Waals surface area contributed by atoms with Crippen molar-refractivity contribution >= 4 is 17.5 Å². The van der Waals surface area contributed by atoms with Gasteiger partial charge < -0.3 is 14.4 Å². The van der Waals surface area contributed by atoms with E-state index in [0.29, 0.717) is 36.0 Å². The second-order valence-corrected chi connectivity index (χ2v) is 6.79. The minimum absolute atomic E-state index is 0.127. The first-order valence-corrected chi connectivity index (χ1v) is 9.40. The van der Waals surface area contributed by atoms with Crippen molar-refractivity contribution < 1.29 is 9.32 Å². The van der Waals surface area contributed by atoms with E-state index in [1.807, 2.05) is 32.0 Å². The Hall–Kier alpha value is -2.93. The van der Waals surface area contributed by atoms with Gasteiger partial charge in [-0.25, -0.2) is 0 Å². The number of aromatic nitrogens is 3. The van der Waals surface area contributed by atoms with Gasteiger partial charge in [0, 0.05) is 36.6 Å². The number of hydrogen-bond acceptors (Lipinski definition) is 5. The van der Waals surface area contributed by atoms with E-state index in [4.69, 9.17) is 16.1 Å². The molecule has 0 unspecified atom stereocenters. The van der Waals surface area contributed by atoms with Crippen molar-refractivity contribution in [1.29, 1.82) is 0 Å². The third-order valence-corrected chi connectivity index (χ3v) is 4.64. The van der Waals surface area contributed by atoms with Crippen LogP contribution >= 0.6 is 11.6 Å². The van der Waals surface area contributed by atoms with Gasteiger partial charge in [-0.05, 0) is 43.7 Å². The fourth-order valence-electron chi connectivity index (χ4n) is 2.81. The van der Waals surface area contributed by atoms with E-state index in [-0.39, 0.29) is 23.7 Å². The Morgan fingerprint density at radius 3 is 2.68 bits per heavy atom. The summed E-state index contributed by atoms with van der Waals surface area (Å²) in [5, 5.41) is 7.38. The maximum atomic E-state index is 12.5. The van der Waals surface area contributed by atoms with Gasteiger partial charge in [0.15, 0.2) is 0 Å². The van der Waals surface area contributed by atoms with Crippen LogP contribution in [0.25, 0.3) is 11.4 Å². The maximum Gasteiger partial charge on any atom is 0.261 e. The zero-order valence-corrected chi connectivity index (χ0v) is 16.5. The molecule has 0 fully saturated rings. The normalized spacial score (nSPS) is 10.8. The Morgan fingerprint density at radius 2 is 1.96 bits per heavy atom. The first kappa shape index (κ1) is 19.8. The lowest BCUT2D eigenvalue weighted by molar-refractivity contribution is -0.121. The van der Waals surface area contributed by atoms with Crippen molar-refractivity contribution in [2.24, 2.45) is 0 Å². The van der Waals surface area contributed by atoms with Crippen molar-refractivity contribution in [3.05, 3.63) is 68.9 Å². The molecule has 0 aliphatic heterocycles. The molecule has 0 aliphatic carbocycles. The van der Waals surface area contributed by atoms with E-state index in [1.54, 1.807) is 22.8 Å². The lowest BCUT2D eigenvalue weighted by Gasteiger charge is -2.07. The number of aryl methyl sites for hydroxylation is 2. The minimum Gasteiger partial charge on any atom is -0.352 e. The number of hydrogen-bond donors (Lipinski definition) is 1. The molecule has 0 atom stereocenters. The molecule has 0 spiro atoms. The second kappa shape index (κ2) is 8.84. The average Bonchev–Trinajstić information content (AvgIpc) is 3.15. The smallest absolute Gasteiger partial charge is 0.261 e. The van der Waals surface area contributed by atoms with Crippen LogP contribution in [0.4, 0.5) is 0 Å². The number of nitrogens with zero attached hydrogens (tertiary/aromatic N) is 3. The van der Waals surface area contributed by atoms with Gasteiger partial charge in [-0.3, -0.25) is 9.59 Å². The molecule has 7 nitrogen and oxygen atoms in total. The summed E-state index contributed by atoms with van der Waals surface area (Å²) < 4.78 is 6.85. The highest BCUT2D eigenvalue weighted by atomic mass is 35.5. The second-order valence-electron chi connectivity index (χ2n) is 6.35. The van der Waals surface area contributed by atoms with E-state index < -0.39 is 0 Å². The molecular formula is C20H21ClN4O3. The van der Waals surface area contributed by atoms with Crippen molar-refractivity contribution in [3.63, 3.8) is 0 Å². The van der Waals surface area contributed by atoms with Crippen LogP contribution < -0.4 is 10.9 Å². The summed E-state index contributed by atoms with van der Waals surface area (Å²) in [6.45, 7) is 4.77. The predicted molar refractivity (Wildman–Crippen MR) is 106 cm³/mol. The number of carbonyl (C=O) groups excluding carboxylic acids is 1. The van der Waals surface area contributed by atoms with Crippen LogP contribution in [0, 0.1) is 6.92 Å². The van der Waals surface area contributed by atoms with Gasteiger partial charge in [-0.1, -0.05) is 28.9 Å². The van der Waals surface area contributed by atoms with Gasteiger partial charge in [0.05, 0.1) is 5.56 Å². The molecule has 1 N–H and O–H groups in total. The number of rotatable bonds is 7. The van der Waals surface area contributed by atoms with Crippen LogP contribution in [0.1, 0.15) is 30.5 Å². The summed E-state index contributed by atoms with van der Waals surface area (Å²) >= 11 is 5.84. The Bertz CT molecular complexity index is 1020. The lowest BCUT2D eigenvalue weighted by atomic mass is 10.2. The van der Waals surface area contributed by atoms with Crippen LogP contribution in [0.15, 0.2) is 45.7 Å². The Kier molecular flexibility index (Phi) is 6.26. The molecule has 146 valence electrons. The summed E-state index contributed by atoms with van der Waals surface area (Å²) in [6.07, 6.45) is 0.510. The van der Waals surface area contributed by atoms with Crippen molar-refractivity contribution in [3.8, 4) is 11.4 Å². The molecule has 8 heteroatoms. The minimum atomic E-state index is -0.157. The molecule has 1 amide bonds. The van der Waals surface area contributed by atoms with E-state index in [0.717, 1.165) is 11.3 Å². The Labute approximate surface area is 167 Å². The molecule has 2 aromatic heterocycles. The Morgan fingerprint density at radius 1 is 1.21 bits per heavy atom. The van der Waals surface area contributed by atoms with Gasteiger partial charge in [0.25, 0.3) is 5.56 Å². The topological polar surface area (TPSA) is 90.0 Å². The summed E-state index contributed by atoms with van der Waals surface area (Å²) in [6, 6.07) is 10.8. The first-order valence-electron chi connectivity index (χ1n) is 9.02. The van der Waals surface area contributed by atoms with Crippen molar-refractivity contribution in [2.75, 3.05) is 0 Å². The standard InChI is InChI=1S/C20H21ClN4O3/c1-3-25-13(2)4-9-16(20(25)27)19-23-18(28-24-19)11-10-17(26)22-12-14-5-7-15(21)8-6-14/h4-9H,3,10-12H2,1-2H3,(H,22,26). The van der Waals surface area contributed by atoms with Gasteiger partial charge in [-0.2, -0.15) is 4.98 Å². The lowest BCUT2D eigenvalue weighted by Crippen LogP contribution is -2.23. The summed E-state index contributed by atoms with van der Waals surface area (Å²) in [4.78, 5) is 28.8. The van der Waals surface area contributed by atoms with Crippen LogP contribution in [0.5, 0.6) is 0 Å². The van der Waals surface area contributed by atoms with Crippen molar-refractivity contribution in [1.82, 2.24) is 20.0 Å². The third-order valence-electron chi connectivity index (χ3n) is 4.39. The van der Waals surface area contributed by atoms with Gasteiger partial charge >= 0.3 is 0 Å². The van der Waals surface area contributed by atoms with Gasteiger partial charge in [0.1, 0.15) is 0 Å². The van der Waals surface area contributed by atoms with E-state index >= 15 is 0 Å². The first-order chi connectivity index (χ1) is 13.5. The summed E-state index contributed by atoms with van der Waals surface area (Å²) in [5.74, 6) is 0.432. The zero-order valence-electron chi connectivity index (χ0n) is 15.7. The number of halogens is 1. The van der Waals surface area contributed by atoms with Crippen LogP contribution in [-0.2, 0) is 24.3 Å². The molecular weight excluding hydrogens is 380 g/mol. The van der Waals surface area contributed by atoms with E-state index in [1.165, 1.54) is 0 Å². The summed E-state index contributed by atoms with van der Waals surface area (Å²) in [7, 11) is 0. The fourth-order valence-corrected chi connectivity index (χ4v) is 2.94. The molecule has 0 aliphatic rings. The predicted octanol–water partition coefficient (Wildman–Crippen LogP) is 3.13. The summed E-state index contributed by atoms with van der Waals surface area (Å²) in [5.41, 5.74) is 2.06. The fraction of sp³-hybridized carbons (Fsp3) is 0.300. The molecule has 0 radical (unpaired) electrons. The number of carbonyl (C=O) groups is 1. The molecule has 2 heterocycles. The average molecular weight is 401 g/mol. The van der Waals surface area contributed by atoms with Gasteiger partial charge in [0.2, 0.25) is 17.6 Å². The van der Waals surface area contributed by atoms with Gasteiger partial charge in [-0.15, -0.1) is 0 Å². The highest BCUT2D eigenvalue weighted by molar-refractivity contribution is 6.30. The molecule has 0 bridgehead atoms. The quantitative estimate of drug-likeness (QED) is 0.658. The van der Waals surface area contributed by atoms with E-state index in [2.05, 4.69) is 15.5 Å². The molecule has 3 aromatic rings. The van der Waals surface area contributed by atoms with Crippen LogP contribution in [0.3, 0.4) is 0 Å². The van der Waals surface area contributed by atoms with E-state index in [9.17, 15) is 9.59 Å². The number of benzene rings is 1. The number of nitrogens with one attached hydrogen (secondary N) is 1. The SMILES string of the molecule is CCn1c(C)ccc(-c2noc(CCC(=O)NCc3ccc(Cl)cc3)n2)c1=O. The number of pyridine rings is 1. The monoisotopic (exact) mass is 400 g/mol. The molecule has 0 saturated heterocycles. The molecule has 0 saturated carbocycles. The number of amides is 1. The molecule has 3 rings (SSSR count).